The molecule has 4 heteroatoms. The van der Waals surface area contributed by atoms with E-state index in [9.17, 15) is 0 Å². The van der Waals surface area contributed by atoms with Gasteiger partial charge in [0.15, 0.2) is 0 Å². The van der Waals surface area contributed by atoms with Crippen molar-refractivity contribution in [3.05, 3.63) is 0 Å². The normalized spacial score (nSPS) is 0. The first-order valence-corrected chi connectivity index (χ1v) is 0. The Bertz CT molecular complexity index is 8.00. The quantitative estimate of drug-likeness (QED) is 0.331. The van der Waals surface area contributed by atoms with Crippen molar-refractivity contribution in [3.63, 3.8) is 0 Å². The Morgan fingerprint density at radius 1 is 1.00 bits per heavy atom. The zero-order valence-electron chi connectivity index (χ0n) is 1.72. The molecular weight excluding hydrogens is 474 g/mol. The molecule has 0 nitrogen and oxygen atoms in total. The Morgan fingerprint density at radius 3 is 1.00 bits per heavy atom. The van der Waals surface area contributed by atoms with Crippen LogP contribution in [-0.4, -0.2) is 88.9 Å². The molecule has 5 radical (unpaired) electrons. The molecule has 0 aliphatic heterocycles. The standard InChI is InChI=1S/Ag.Ca.Pb.Sn.6H. The van der Waals surface area contributed by atoms with E-state index in [1.807, 2.05) is 0 Å². The van der Waals surface area contributed by atoms with Crippen LogP contribution in [0, 0.1) is 0 Å². The molecule has 0 spiro atoms. The van der Waals surface area contributed by atoms with Gasteiger partial charge in [-0.05, 0) is 0 Å². The summed E-state index contributed by atoms with van der Waals surface area (Å²) in [6.45, 7) is 0. The summed E-state index contributed by atoms with van der Waals surface area (Å²) < 4.78 is 0. The zero-order valence-corrected chi connectivity index (χ0v) is 12.7. The first kappa shape index (κ1) is 25.2. The van der Waals surface area contributed by atoms with Gasteiger partial charge in [-0.15, -0.1) is 0 Å². The van der Waals surface area contributed by atoms with Crippen molar-refractivity contribution in [1.82, 2.24) is 0 Å². The van der Waals surface area contributed by atoms with Gasteiger partial charge < -0.3 is 0 Å². The second-order valence-electron chi connectivity index (χ2n) is 0. The van der Waals surface area contributed by atoms with Crippen LogP contribution in [0.5, 0.6) is 0 Å². The third kappa shape index (κ3) is 9.21. The molecule has 0 unspecified atom stereocenters. The third-order valence-electron chi connectivity index (χ3n) is 0. The van der Waals surface area contributed by atoms with E-state index >= 15 is 0 Å². The molecule has 0 aliphatic rings. The minimum atomic E-state index is 0. The van der Waals surface area contributed by atoms with Crippen molar-refractivity contribution in [2.45, 2.75) is 0 Å². The zero-order chi connectivity index (χ0) is 0. The second-order valence-corrected chi connectivity index (χ2v) is 0. The first-order valence-electron chi connectivity index (χ1n) is 0. The first-order chi connectivity index (χ1) is 0. The van der Waals surface area contributed by atoms with Gasteiger partial charge in [-0.1, -0.05) is 0 Å². The molecule has 0 atom stereocenters. The molecule has 0 aromatic rings. The van der Waals surface area contributed by atoms with Crippen LogP contribution >= 0.6 is 0 Å². The van der Waals surface area contributed by atoms with Gasteiger partial charge in [0.25, 0.3) is 0 Å². The molecule has 0 rings (SSSR count). The molecule has 0 heterocycles. The molecule has 0 saturated carbocycles. The van der Waals surface area contributed by atoms with Gasteiger partial charge in [-0.2, -0.15) is 0 Å². The van der Waals surface area contributed by atoms with Crippen molar-refractivity contribution in [2.24, 2.45) is 0 Å². The van der Waals surface area contributed by atoms with E-state index in [-0.39, 0.29) is 111 Å². The van der Waals surface area contributed by atoms with Crippen LogP contribution in [0.3, 0.4) is 0 Å². The fourth-order valence-corrected chi connectivity index (χ4v) is 0. The van der Waals surface area contributed by atoms with Gasteiger partial charge in [0.05, 0.1) is 0 Å². The SMILES string of the molecule is [Ag].[CaH2].[PbH2].[SnH2]. The van der Waals surface area contributed by atoms with E-state index in [1.54, 1.807) is 0 Å². The molecule has 0 N–H and O–H groups in total. The molecule has 0 aromatic heterocycles. The van der Waals surface area contributed by atoms with Crippen LogP contribution in [0.4, 0.5) is 0 Å². The Balaban J connectivity index is 0. The van der Waals surface area contributed by atoms with Gasteiger partial charge in [0.1, 0.15) is 0 Å². The average Bonchev–Trinajstić information content (AvgIpc) is 0. The van der Waals surface area contributed by atoms with E-state index in [1.165, 1.54) is 0 Å². The molecule has 4 heavy (non-hydrogen) atoms. The average molecular weight is 480 g/mol. The van der Waals surface area contributed by atoms with E-state index in [2.05, 4.69) is 0 Å². The molecule has 0 aromatic carbocycles. The predicted molar refractivity (Wildman–Crippen MR) is 25.6 cm³/mol. The number of rotatable bonds is 0. The minimum absolute atomic E-state index is 0. The maximum absolute atomic E-state index is 0. The van der Waals surface area contributed by atoms with Crippen LogP contribution in [0.2, 0.25) is 0 Å². The van der Waals surface area contributed by atoms with Gasteiger partial charge in [-0.3, -0.25) is 0 Å². The Kier molecular flexibility index (Phi) is 100. The van der Waals surface area contributed by atoms with Gasteiger partial charge in [0, 0.05) is 22.4 Å². The summed E-state index contributed by atoms with van der Waals surface area (Å²) in [5.41, 5.74) is 0. The molecule has 0 aliphatic carbocycles. The van der Waals surface area contributed by atoms with E-state index in [4.69, 9.17) is 0 Å². The van der Waals surface area contributed by atoms with Crippen LogP contribution < -0.4 is 0 Å². The van der Waals surface area contributed by atoms with Crippen LogP contribution in [-0.2, 0) is 22.4 Å². The monoisotopic (exact) mass is 481 g/mol. The molecular formula is H6AgCaPbSn. The maximum atomic E-state index is 0. The Morgan fingerprint density at radius 2 is 1.00 bits per heavy atom. The van der Waals surface area contributed by atoms with Crippen molar-refractivity contribution in [1.29, 1.82) is 0 Å². The summed E-state index contributed by atoms with van der Waals surface area (Å²) in [7, 11) is 0. The molecule has 0 amide bonds. The fraction of sp³-hybridized carbons (Fsp3) is 0. The Labute approximate surface area is 108 Å². The van der Waals surface area contributed by atoms with Crippen molar-refractivity contribution in [2.75, 3.05) is 0 Å². The molecule has 27 valence electrons. The molecule has 0 fully saturated rings. The van der Waals surface area contributed by atoms with Gasteiger partial charge >= 0.3 is 88.9 Å². The summed E-state index contributed by atoms with van der Waals surface area (Å²) in [5, 5.41) is 0. The number of hydrogen-bond donors (Lipinski definition) is 0. The number of hydrogen-bond acceptors (Lipinski definition) is 0. The van der Waals surface area contributed by atoms with Gasteiger partial charge in [-0.25, -0.2) is 0 Å². The van der Waals surface area contributed by atoms with E-state index in [0.717, 1.165) is 0 Å². The van der Waals surface area contributed by atoms with Crippen LogP contribution in [0.15, 0.2) is 0 Å². The van der Waals surface area contributed by atoms with Crippen molar-refractivity contribution < 1.29 is 22.4 Å². The van der Waals surface area contributed by atoms with Gasteiger partial charge in [0.2, 0.25) is 0 Å². The molecule has 0 saturated heterocycles. The summed E-state index contributed by atoms with van der Waals surface area (Å²) in [6.07, 6.45) is 0. The third-order valence-corrected chi connectivity index (χ3v) is 0. The summed E-state index contributed by atoms with van der Waals surface area (Å²) in [6, 6.07) is 0. The van der Waals surface area contributed by atoms with E-state index in [0.29, 0.717) is 0 Å². The predicted octanol–water partition coefficient (Wildman–Crippen LogP) is -2.75. The summed E-state index contributed by atoms with van der Waals surface area (Å²) in [4.78, 5) is 0. The summed E-state index contributed by atoms with van der Waals surface area (Å²) >= 11 is 0. The topological polar surface area (TPSA) is 0 Å². The van der Waals surface area contributed by atoms with Crippen molar-refractivity contribution >= 4 is 88.9 Å². The Hall–Kier alpha value is 3.72. The van der Waals surface area contributed by atoms with Crippen molar-refractivity contribution in [3.8, 4) is 0 Å². The molecule has 0 bridgehead atoms. The fourth-order valence-electron chi connectivity index (χ4n) is 0. The van der Waals surface area contributed by atoms with Crippen LogP contribution in [0.1, 0.15) is 0 Å². The van der Waals surface area contributed by atoms with E-state index < -0.39 is 0 Å². The summed E-state index contributed by atoms with van der Waals surface area (Å²) in [5.74, 6) is 0. The van der Waals surface area contributed by atoms with Crippen LogP contribution in [0.25, 0.3) is 0 Å². The second kappa shape index (κ2) is 15.9.